The van der Waals surface area contributed by atoms with Gasteiger partial charge in [-0.15, -0.1) is 0 Å². The molecule has 1 heterocycles. The molecule has 19 heavy (non-hydrogen) atoms. The molecule has 1 rings (SSSR count). The molecule has 8 N–H and O–H groups in total. The molecule has 0 bridgehead atoms. The van der Waals surface area contributed by atoms with Crippen LogP contribution in [-0.2, 0) is 19.1 Å². The van der Waals surface area contributed by atoms with Crippen LogP contribution in [-0.4, -0.2) is 75.7 Å². The lowest BCUT2D eigenvalue weighted by Crippen LogP contribution is -2.62. The summed E-state index contributed by atoms with van der Waals surface area (Å²) in [5, 5.41) is 37.4. The molecule has 1 saturated heterocycles. The van der Waals surface area contributed by atoms with Gasteiger partial charge in [0.2, 0.25) is 11.8 Å². The number of ether oxygens (including phenoxy) is 2. The Morgan fingerprint density at radius 1 is 1.16 bits per heavy atom. The maximum absolute atomic E-state index is 11.0. The Kier molecular flexibility index (Phi) is 5.17. The molecule has 0 aliphatic carbocycles. The largest absolute Gasteiger partial charge is 0.393 e. The number of nitrogens with two attached hydrogens (primary N) is 2. The Bertz CT molecular complexity index is 349. The third kappa shape index (κ3) is 3.37. The van der Waals surface area contributed by atoms with E-state index in [1.807, 2.05) is 0 Å². The van der Waals surface area contributed by atoms with Crippen molar-refractivity contribution in [2.75, 3.05) is 6.61 Å². The highest BCUT2D eigenvalue weighted by Crippen LogP contribution is 2.22. The number of hydrogen-bond acceptors (Lipinski definition) is 8. The molecule has 0 aromatic rings. The first kappa shape index (κ1) is 15.8. The normalized spacial score (nSPS) is 36.7. The van der Waals surface area contributed by atoms with E-state index in [4.69, 9.17) is 26.0 Å². The van der Waals surface area contributed by atoms with Crippen molar-refractivity contribution >= 4 is 11.8 Å². The second-order valence-corrected chi connectivity index (χ2v) is 4.01. The van der Waals surface area contributed by atoms with E-state index in [2.05, 4.69) is 0 Å². The van der Waals surface area contributed by atoms with Crippen LogP contribution in [0.3, 0.4) is 0 Å². The fourth-order valence-electron chi connectivity index (χ4n) is 1.56. The van der Waals surface area contributed by atoms with Crippen LogP contribution in [0.25, 0.3) is 0 Å². The van der Waals surface area contributed by atoms with Gasteiger partial charge in [0.05, 0.1) is 6.61 Å². The first-order valence-electron chi connectivity index (χ1n) is 5.34. The molecule has 1 aliphatic heterocycles. The Morgan fingerprint density at radius 3 is 2.16 bits per heavy atom. The third-order valence-electron chi connectivity index (χ3n) is 2.63. The van der Waals surface area contributed by atoms with Gasteiger partial charge in [-0.2, -0.15) is 0 Å². The van der Waals surface area contributed by atoms with Crippen LogP contribution >= 0.6 is 0 Å². The summed E-state index contributed by atoms with van der Waals surface area (Å²) < 4.78 is 9.69. The lowest BCUT2D eigenvalue weighted by Gasteiger charge is -2.39. The molecule has 2 amide bonds. The number of carbonyl (C=O) groups excluding carboxylic acids is 2. The van der Waals surface area contributed by atoms with E-state index in [1.54, 1.807) is 0 Å². The second kappa shape index (κ2) is 6.23. The van der Waals surface area contributed by atoms with Gasteiger partial charge in [-0.3, -0.25) is 9.59 Å². The first-order valence-corrected chi connectivity index (χ1v) is 5.34. The van der Waals surface area contributed by atoms with Crippen molar-refractivity contribution in [1.29, 1.82) is 0 Å². The molecule has 0 radical (unpaired) electrons. The van der Waals surface area contributed by atoms with Crippen LogP contribution in [0.2, 0.25) is 0 Å². The summed E-state index contributed by atoms with van der Waals surface area (Å²) in [4.78, 5) is 21.9. The zero-order chi connectivity index (χ0) is 14.7. The van der Waals surface area contributed by atoms with E-state index < -0.39 is 55.2 Å². The van der Waals surface area contributed by atoms with E-state index >= 15 is 0 Å². The molecule has 10 nitrogen and oxygen atoms in total. The summed E-state index contributed by atoms with van der Waals surface area (Å²) >= 11 is 0. The predicted octanol–water partition coefficient (Wildman–Crippen LogP) is -4.86. The Hall–Kier alpha value is -1.30. The minimum Gasteiger partial charge on any atom is -0.393 e. The summed E-state index contributed by atoms with van der Waals surface area (Å²) in [6, 6.07) is 0. The monoisotopic (exact) mass is 280 g/mol. The summed E-state index contributed by atoms with van der Waals surface area (Å²) in [5.74, 6) is -2.12. The van der Waals surface area contributed by atoms with Crippen molar-refractivity contribution in [3.8, 4) is 0 Å². The van der Waals surface area contributed by atoms with Crippen LogP contribution in [0.5, 0.6) is 0 Å². The van der Waals surface area contributed by atoms with Gasteiger partial charge in [-0.05, 0) is 0 Å². The van der Waals surface area contributed by atoms with Crippen molar-refractivity contribution in [1.82, 2.24) is 0 Å². The predicted molar refractivity (Wildman–Crippen MR) is 57.0 cm³/mol. The highest BCUT2D eigenvalue weighted by atomic mass is 16.7. The number of aliphatic hydroxyl groups excluding tert-OH is 4. The number of hydrogen-bond donors (Lipinski definition) is 6. The van der Waals surface area contributed by atoms with E-state index in [0.717, 1.165) is 0 Å². The van der Waals surface area contributed by atoms with Crippen LogP contribution in [0, 0.1) is 0 Å². The minimum absolute atomic E-state index is 0.790. The van der Waals surface area contributed by atoms with E-state index in [0.29, 0.717) is 0 Å². The molecule has 10 heteroatoms. The van der Waals surface area contributed by atoms with Gasteiger partial charge in [0, 0.05) is 0 Å². The number of rotatable bonds is 5. The average Bonchev–Trinajstić information content (AvgIpc) is 2.34. The van der Waals surface area contributed by atoms with Crippen LogP contribution in [0.15, 0.2) is 0 Å². The highest BCUT2D eigenvalue weighted by molar-refractivity contribution is 5.80. The first-order chi connectivity index (χ1) is 8.79. The molecular formula is C9H16N2O8. The number of carbonyl (C=O) groups is 2. The zero-order valence-electron chi connectivity index (χ0n) is 9.75. The molecule has 0 aromatic heterocycles. The van der Waals surface area contributed by atoms with Gasteiger partial charge in [-0.1, -0.05) is 0 Å². The average molecular weight is 280 g/mol. The fourth-order valence-corrected chi connectivity index (χ4v) is 1.56. The topological polar surface area (TPSA) is 186 Å². The fraction of sp³-hybridized carbons (Fsp3) is 0.778. The molecular weight excluding hydrogens is 264 g/mol. The van der Waals surface area contributed by atoms with Gasteiger partial charge in [0.15, 0.2) is 18.5 Å². The Morgan fingerprint density at radius 2 is 1.74 bits per heavy atom. The maximum atomic E-state index is 11.0. The standard InChI is InChI=1S/C9H16N2O8/c10-7(16)2(1-12)18-9-5(15)3(13)4(14)6(19-9)8(11)17/h2-6,9,12-15H,1H2,(H2,10,16)(H2,11,17)/t2?,3?,4-,5?,6?,9-/m1/s1. The van der Waals surface area contributed by atoms with Crippen molar-refractivity contribution in [2.45, 2.75) is 36.8 Å². The quantitative estimate of drug-likeness (QED) is 0.289. The Balaban J connectivity index is 2.82. The second-order valence-electron chi connectivity index (χ2n) is 4.01. The van der Waals surface area contributed by atoms with Crippen molar-refractivity contribution in [3.63, 3.8) is 0 Å². The number of aliphatic hydroxyl groups is 4. The smallest absolute Gasteiger partial charge is 0.249 e. The van der Waals surface area contributed by atoms with Gasteiger partial charge in [0.1, 0.15) is 18.3 Å². The molecule has 0 aromatic carbocycles. The summed E-state index contributed by atoms with van der Waals surface area (Å²) in [5.41, 5.74) is 9.84. The van der Waals surface area contributed by atoms with E-state index in [-0.39, 0.29) is 0 Å². The Labute approximate surface area is 107 Å². The summed E-state index contributed by atoms with van der Waals surface area (Å²) in [6.07, 6.45) is -10.1. The van der Waals surface area contributed by atoms with Crippen LogP contribution in [0.4, 0.5) is 0 Å². The summed E-state index contributed by atoms with van der Waals surface area (Å²) in [7, 11) is 0. The van der Waals surface area contributed by atoms with Crippen molar-refractivity contribution in [3.05, 3.63) is 0 Å². The van der Waals surface area contributed by atoms with Crippen molar-refractivity contribution in [2.24, 2.45) is 11.5 Å². The van der Waals surface area contributed by atoms with Gasteiger partial charge in [-0.25, -0.2) is 0 Å². The number of amides is 2. The van der Waals surface area contributed by atoms with Crippen LogP contribution < -0.4 is 11.5 Å². The molecule has 110 valence electrons. The molecule has 0 saturated carbocycles. The molecule has 1 fully saturated rings. The molecule has 6 atom stereocenters. The van der Waals surface area contributed by atoms with Gasteiger partial charge < -0.3 is 41.4 Å². The lowest BCUT2D eigenvalue weighted by atomic mass is 9.98. The minimum atomic E-state index is -1.77. The molecule has 0 spiro atoms. The zero-order valence-corrected chi connectivity index (χ0v) is 9.75. The SMILES string of the molecule is NC(=O)C(CO)O[C@@H]1OC(C(N)=O)[C@H](O)C(O)C1O. The summed E-state index contributed by atoms with van der Waals surface area (Å²) in [6.45, 7) is -0.790. The van der Waals surface area contributed by atoms with E-state index in [9.17, 15) is 24.9 Å². The molecule has 1 aliphatic rings. The lowest BCUT2D eigenvalue weighted by molar-refractivity contribution is -0.299. The van der Waals surface area contributed by atoms with Crippen molar-refractivity contribution < 1.29 is 39.5 Å². The van der Waals surface area contributed by atoms with Gasteiger partial charge in [0.25, 0.3) is 0 Å². The van der Waals surface area contributed by atoms with Crippen LogP contribution in [0.1, 0.15) is 0 Å². The highest BCUT2D eigenvalue weighted by Gasteiger charge is 2.47. The third-order valence-corrected chi connectivity index (χ3v) is 2.63. The maximum Gasteiger partial charge on any atom is 0.249 e. The molecule has 4 unspecified atom stereocenters. The number of primary amides is 2. The van der Waals surface area contributed by atoms with Gasteiger partial charge >= 0.3 is 0 Å². The van der Waals surface area contributed by atoms with E-state index in [1.165, 1.54) is 0 Å².